The van der Waals surface area contributed by atoms with Crippen LogP contribution in [0, 0.1) is 0 Å². The van der Waals surface area contributed by atoms with E-state index in [1.54, 1.807) is 17.9 Å². The van der Waals surface area contributed by atoms with Crippen LogP contribution in [-0.2, 0) is 4.79 Å². The Labute approximate surface area is 163 Å². The summed E-state index contributed by atoms with van der Waals surface area (Å²) in [5, 5.41) is 11.3. The first-order valence-corrected chi connectivity index (χ1v) is 9.44. The van der Waals surface area contributed by atoms with Crippen molar-refractivity contribution < 1.29 is 19.5 Å². The summed E-state index contributed by atoms with van der Waals surface area (Å²) in [4.78, 5) is 31.8. The second-order valence-corrected chi connectivity index (χ2v) is 6.69. The van der Waals surface area contributed by atoms with Gasteiger partial charge in [0.25, 0.3) is 5.91 Å². The molecule has 1 atom stereocenters. The summed E-state index contributed by atoms with van der Waals surface area (Å²) in [7, 11) is 0. The molecule has 0 saturated heterocycles. The Hall–Kier alpha value is -3.00. The number of hydrogen-bond acceptors (Lipinski definition) is 6. The highest BCUT2D eigenvalue weighted by molar-refractivity contribution is 5.93. The van der Waals surface area contributed by atoms with E-state index in [0.29, 0.717) is 37.4 Å². The number of unbranched alkanes of at least 4 members (excludes halogenated alkanes) is 3. The Balaban J connectivity index is 1.42. The number of carbonyl (C=O) groups is 2. The van der Waals surface area contributed by atoms with Crippen LogP contribution in [0.25, 0.3) is 0 Å². The van der Waals surface area contributed by atoms with Gasteiger partial charge in [-0.1, -0.05) is 31.0 Å². The number of hydrogen-bond donors (Lipinski definition) is 3. The standard InChI is InChI=1S/C20H24N4O4/c25-18(24-27)9-3-1-2-6-10-21-20(26)14-11-22-19(23-12-14)16-13-28-17-8-5-4-7-15(16)17/h4-5,7-8,11-12,16,27H,1-3,6,9-10,13H2,(H,21,26)(H,24,25). The number of para-hydroxylation sites is 1. The van der Waals surface area contributed by atoms with Gasteiger partial charge in [-0.05, 0) is 18.9 Å². The van der Waals surface area contributed by atoms with Crippen LogP contribution in [0.15, 0.2) is 36.7 Å². The minimum atomic E-state index is -0.371. The van der Waals surface area contributed by atoms with Crippen LogP contribution in [0.2, 0.25) is 0 Å². The van der Waals surface area contributed by atoms with E-state index in [1.807, 2.05) is 24.3 Å². The number of fused-ring (bicyclic) bond motifs is 1. The summed E-state index contributed by atoms with van der Waals surface area (Å²) in [6.07, 6.45) is 6.70. The van der Waals surface area contributed by atoms with Crippen LogP contribution in [0.5, 0.6) is 5.75 Å². The van der Waals surface area contributed by atoms with Crippen molar-refractivity contribution in [2.75, 3.05) is 13.2 Å². The van der Waals surface area contributed by atoms with Crippen LogP contribution < -0.4 is 15.5 Å². The molecule has 8 heteroatoms. The number of hydroxylamine groups is 1. The lowest BCUT2D eigenvalue weighted by atomic mass is 10.0. The highest BCUT2D eigenvalue weighted by Gasteiger charge is 2.27. The van der Waals surface area contributed by atoms with Gasteiger partial charge in [-0.2, -0.15) is 0 Å². The third-order valence-electron chi connectivity index (χ3n) is 4.69. The second-order valence-electron chi connectivity index (χ2n) is 6.69. The molecule has 1 aliphatic rings. The van der Waals surface area contributed by atoms with E-state index in [9.17, 15) is 9.59 Å². The monoisotopic (exact) mass is 384 g/mol. The maximum absolute atomic E-state index is 12.2. The van der Waals surface area contributed by atoms with E-state index in [2.05, 4.69) is 15.3 Å². The predicted molar refractivity (Wildman–Crippen MR) is 101 cm³/mol. The summed E-state index contributed by atoms with van der Waals surface area (Å²) in [6.45, 7) is 1.06. The largest absolute Gasteiger partial charge is 0.492 e. The normalized spacial score (nSPS) is 14.8. The molecule has 1 aliphatic heterocycles. The van der Waals surface area contributed by atoms with Gasteiger partial charge in [0.05, 0.1) is 11.5 Å². The Morgan fingerprint density at radius 2 is 1.86 bits per heavy atom. The van der Waals surface area contributed by atoms with E-state index in [0.717, 1.165) is 30.6 Å². The van der Waals surface area contributed by atoms with Crippen LogP contribution in [0.4, 0.5) is 0 Å². The van der Waals surface area contributed by atoms with Gasteiger partial charge in [-0.3, -0.25) is 14.8 Å². The number of benzene rings is 1. The molecule has 3 rings (SSSR count). The molecule has 1 aromatic carbocycles. The number of nitrogens with one attached hydrogen (secondary N) is 2. The van der Waals surface area contributed by atoms with E-state index < -0.39 is 0 Å². The van der Waals surface area contributed by atoms with Crippen LogP contribution >= 0.6 is 0 Å². The van der Waals surface area contributed by atoms with Crippen molar-refractivity contribution in [3.8, 4) is 5.75 Å². The number of nitrogens with zero attached hydrogens (tertiary/aromatic N) is 2. The van der Waals surface area contributed by atoms with E-state index in [-0.39, 0.29) is 17.7 Å². The first-order valence-electron chi connectivity index (χ1n) is 9.44. The average molecular weight is 384 g/mol. The van der Waals surface area contributed by atoms with Gasteiger partial charge in [-0.25, -0.2) is 15.4 Å². The zero-order valence-corrected chi connectivity index (χ0v) is 15.6. The average Bonchev–Trinajstić information content (AvgIpc) is 3.17. The van der Waals surface area contributed by atoms with Crippen molar-refractivity contribution >= 4 is 11.8 Å². The number of rotatable bonds is 9. The van der Waals surface area contributed by atoms with Gasteiger partial charge >= 0.3 is 0 Å². The maximum atomic E-state index is 12.2. The summed E-state index contributed by atoms with van der Waals surface area (Å²) >= 11 is 0. The molecule has 1 aromatic heterocycles. The molecule has 0 saturated carbocycles. The zero-order chi connectivity index (χ0) is 19.8. The fourth-order valence-corrected chi connectivity index (χ4v) is 3.14. The zero-order valence-electron chi connectivity index (χ0n) is 15.6. The summed E-state index contributed by atoms with van der Waals surface area (Å²) in [5.74, 6) is 0.920. The molecule has 8 nitrogen and oxygen atoms in total. The molecule has 2 amide bonds. The third-order valence-corrected chi connectivity index (χ3v) is 4.69. The van der Waals surface area contributed by atoms with E-state index in [1.165, 1.54) is 0 Å². The summed E-state index contributed by atoms with van der Waals surface area (Å²) in [6, 6.07) is 7.83. The Kier molecular flexibility index (Phi) is 6.91. The van der Waals surface area contributed by atoms with E-state index >= 15 is 0 Å². The molecule has 1 unspecified atom stereocenters. The van der Waals surface area contributed by atoms with Crippen LogP contribution in [-0.4, -0.2) is 40.1 Å². The number of ether oxygens (including phenoxy) is 1. The maximum Gasteiger partial charge on any atom is 0.254 e. The van der Waals surface area contributed by atoms with Gasteiger partial charge in [-0.15, -0.1) is 0 Å². The van der Waals surface area contributed by atoms with Crippen molar-refractivity contribution in [3.63, 3.8) is 0 Å². The van der Waals surface area contributed by atoms with Gasteiger partial charge in [0.1, 0.15) is 18.2 Å². The molecule has 3 N–H and O–H groups in total. The lowest BCUT2D eigenvalue weighted by Crippen LogP contribution is -2.25. The quantitative estimate of drug-likeness (QED) is 0.347. The van der Waals surface area contributed by atoms with Crippen molar-refractivity contribution in [2.45, 2.75) is 38.0 Å². The van der Waals surface area contributed by atoms with Gasteiger partial charge in [0.15, 0.2) is 0 Å². The third kappa shape index (κ3) is 5.04. The summed E-state index contributed by atoms with van der Waals surface area (Å²) < 4.78 is 5.66. The smallest absolute Gasteiger partial charge is 0.254 e. The summed E-state index contributed by atoms with van der Waals surface area (Å²) in [5.41, 5.74) is 3.10. The Morgan fingerprint density at radius 1 is 1.11 bits per heavy atom. The second kappa shape index (κ2) is 9.80. The molecule has 0 spiro atoms. The van der Waals surface area contributed by atoms with Crippen LogP contribution in [0.3, 0.4) is 0 Å². The molecular weight excluding hydrogens is 360 g/mol. The Bertz CT molecular complexity index is 810. The topological polar surface area (TPSA) is 113 Å². The van der Waals surface area contributed by atoms with Crippen molar-refractivity contribution in [1.82, 2.24) is 20.8 Å². The van der Waals surface area contributed by atoms with Gasteiger partial charge < -0.3 is 10.1 Å². The molecule has 2 heterocycles. The molecule has 0 radical (unpaired) electrons. The first kappa shape index (κ1) is 19.8. The minimum Gasteiger partial charge on any atom is -0.492 e. The van der Waals surface area contributed by atoms with Crippen molar-refractivity contribution in [1.29, 1.82) is 0 Å². The molecule has 148 valence electrons. The van der Waals surface area contributed by atoms with Crippen molar-refractivity contribution in [3.05, 3.63) is 53.6 Å². The highest BCUT2D eigenvalue weighted by atomic mass is 16.5. The van der Waals surface area contributed by atoms with Crippen molar-refractivity contribution in [2.24, 2.45) is 0 Å². The minimum absolute atomic E-state index is 0.0128. The Morgan fingerprint density at radius 3 is 2.64 bits per heavy atom. The fourth-order valence-electron chi connectivity index (χ4n) is 3.14. The molecule has 28 heavy (non-hydrogen) atoms. The fraction of sp³-hybridized carbons (Fsp3) is 0.400. The predicted octanol–water partition coefficient (Wildman–Crippen LogP) is 2.19. The lowest BCUT2D eigenvalue weighted by Gasteiger charge is -2.08. The van der Waals surface area contributed by atoms with Gasteiger partial charge in [0.2, 0.25) is 5.91 Å². The molecular formula is C20H24N4O4. The SMILES string of the molecule is O=C(CCCCCCNC(=O)c1cnc(C2COc3ccccc32)nc1)NO. The lowest BCUT2D eigenvalue weighted by molar-refractivity contribution is -0.129. The van der Waals surface area contributed by atoms with E-state index in [4.69, 9.17) is 9.94 Å². The van der Waals surface area contributed by atoms with Gasteiger partial charge in [0, 0.05) is 30.9 Å². The number of aromatic nitrogens is 2. The first-order chi connectivity index (χ1) is 13.7. The molecule has 0 fully saturated rings. The molecule has 2 aromatic rings. The van der Waals surface area contributed by atoms with Crippen LogP contribution in [0.1, 0.15) is 59.8 Å². The molecule has 0 bridgehead atoms. The highest BCUT2D eigenvalue weighted by Crippen LogP contribution is 2.36. The molecule has 0 aliphatic carbocycles. The number of carbonyl (C=O) groups excluding carboxylic acids is 2. The number of amides is 2.